The Hall–Kier alpha value is -1.26. The number of carbonyl (C=O) groups is 1. The predicted molar refractivity (Wildman–Crippen MR) is 83.1 cm³/mol. The van der Waals surface area contributed by atoms with Gasteiger partial charge in [0.25, 0.3) is 11.6 Å². The van der Waals surface area contributed by atoms with Crippen molar-refractivity contribution >= 4 is 34.2 Å². The van der Waals surface area contributed by atoms with Gasteiger partial charge in [0.1, 0.15) is 0 Å². The van der Waals surface area contributed by atoms with E-state index in [0.717, 1.165) is 0 Å². The van der Waals surface area contributed by atoms with E-state index in [4.69, 9.17) is 4.74 Å². The van der Waals surface area contributed by atoms with Crippen molar-refractivity contribution in [2.45, 2.75) is 19.1 Å². The van der Waals surface area contributed by atoms with E-state index >= 15 is 0 Å². The van der Waals surface area contributed by atoms with E-state index in [1.54, 1.807) is 11.0 Å². The largest absolute Gasteiger partial charge is 0.394 e. The molecule has 1 aliphatic rings. The number of nitro benzene ring substituents is 1. The highest BCUT2D eigenvalue weighted by Gasteiger charge is 2.30. The maximum atomic E-state index is 12.6. The number of non-ortho nitro benzene ring substituents is 1. The molecule has 114 valence electrons. The Morgan fingerprint density at radius 1 is 1.57 bits per heavy atom. The van der Waals surface area contributed by atoms with Crippen LogP contribution in [0.1, 0.15) is 17.3 Å². The van der Waals surface area contributed by atoms with Gasteiger partial charge in [0, 0.05) is 28.8 Å². The number of nitro groups is 1. The maximum absolute atomic E-state index is 12.6. The number of nitrogens with zero attached hydrogens (tertiary/aromatic N) is 2. The highest BCUT2D eigenvalue weighted by molar-refractivity contribution is 14.1. The smallest absolute Gasteiger partial charge is 0.270 e. The second-order valence-corrected chi connectivity index (χ2v) is 6.04. The number of hydrogen-bond acceptors (Lipinski definition) is 5. The molecule has 2 rings (SSSR count). The van der Waals surface area contributed by atoms with Crippen LogP contribution in [0.25, 0.3) is 0 Å². The summed E-state index contributed by atoms with van der Waals surface area (Å²) in [5.74, 6) is -0.281. The van der Waals surface area contributed by atoms with Crippen LogP contribution >= 0.6 is 22.6 Å². The standard InChI is InChI=1S/C13H15IN2O5/c1-8-5-15(6-10(7-17)21-8)13(18)11-4-9(16(19)20)2-3-12(11)14/h2-4,8,10,17H,5-7H2,1H3. The summed E-state index contributed by atoms with van der Waals surface area (Å²) in [5.41, 5.74) is 0.189. The van der Waals surface area contributed by atoms with Crippen LogP contribution in [-0.4, -0.2) is 52.7 Å². The Balaban J connectivity index is 2.26. The molecule has 0 spiro atoms. The lowest BCUT2D eigenvalue weighted by atomic mass is 10.1. The van der Waals surface area contributed by atoms with E-state index < -0.39 is 11.0 Å². The maximum Gasteiger partial charge on any atom is 0.270 e. The Labute approximate surface area is 135 Å². The van der Waals surface area contributed by atoms with Gasteiger partial charge < -0.3 is 14.7 Å². The SMILES string of the molecule is CC1CN(C(=O)c2cc([N+](=O)[O-])ccc2I)CC(CO)O1. The third-order valence-electron chi connectivity index (χ3n) is 3.21. The average molecular weight is 406 g/mol. The summed E-state index contributed by atoms with van der Waals surface area (Å²) >= 11 is 1.98. The molecule has 1 aliphatic heterocycles. The van der Waals surface area contributed by atoms with Gasteiger partial charge in [-0.3, -0.25) is 14.9 Å². The zero-order valence-electron chi connectivity index (χ0n) is 11.4. The van der Waals surface area contributed by atoms with E-state index in [0.29, 0.717) is 15.7 Å². The molecule has 0 aromatic heterocycles. The summed E-state index contributed by atoms with van der Waals surface area (Å²) in [6, 6.07) is 4.22. The van der Waals surface area contributed by atoms with Gasteiger partial charge in [-0.25, -0.2) is 0 Å². The van der Waals surface area contributed by atoms with Crippen LogP contribution in [0.5, 0.6) is 0 Å². The molecule has 2 unspecified atom stereocenters. The molecule has 1 amide bonds. The van der Waals surface area contributed by atoms with Gasteiger partial charge in [-0.1, -0.05) is 0 Å². The lowest BCUT2D eigenvalue weighted by molar-refractivity contribution is -0.384. The minimum absolute atomic E-state index is 0.112. The number of amides is 1. The van der Waals surface area contributed by atoms with Gasteiger partial charge in [0.05, 0.1) is 29.3 Å². The number of aliphatic hydroxyl groups excluding tert-OH is 1. The molecule has 7 nitrogen and oxygen atoms in total. The summed E-state index contributed by atoms with van der Waals surface area (Å²) in [6.45, 7) is 2.33. The minimum Gasteiger partial charge on any atom is -0.394 e. The van der Waals surface area contributed by atoms with Crippen molar-refractivity contribution in [2.24, 2.45) is 0 Å². The fraction of sp³-hybridized carbons (Fsp3) is 0.462. The average Bonchev–Trinajstić information content (AvgIpc) is 2.46. The van der Waals surface area contributed by atoms with Crippen molar-refractivity contribution in [3.63, 3.8) is 0 Å². The predicted octanol–water partition coefficient (Wildman–Crippen LogP) is 1.42. The van der Waals surface area contributed by atoms with Crippen LogP contribution < -0.4 is 0 Å². The minimum atomic E-state index is -0.522. The van der Waals surface area contributed by atoms with Crippen molar-refractivity contribution in [1.29, 1.82) is 0 Å². The molecule has 1 aromatic rings. The molecule has 0 bridgehead atoms. The molecule has 1 fully saturated rings. The summed E-state index contributed by atoms with van der Waals surface area (Å²) in [4.78, 5) is 24.4. The molecule has 8 heteroatoms. The summed E-state index contributed by atoms with van der Waals surface area (Å²) in [5, 5.41) is 20.0. The van der Waals surface area contributed by atoms with Gasteiger partial charge in [0.15, 0.2) is 0 Å². The number of morpholine rings is 1. The van der Waals surface area contributed by atoms with E-state index in [-0.39, 0.29) is 30.9 Å². The summed E-state index contributed by atoms with van der Waals surface area (Å²) in [6.07, 6.45) is -0.606. The molecule has 1 heterocycles. The van der Waals surface area contributed by atoms with Crippen molar-refractivity contribution < 1.29 is 19.6 Å². The number of ether oxygens (including phenoxy) is 1. The number of halogens is 1. The number of aliphatic hydroxyl groups is 1. The van der Waals surface area contributed by atoms with Crippen LogP contribution in [-0.2, 0) is 4.74 Å². The van der Waals surface area contributed by atoms with Crippen LogP contribution in [0.4, 0.5) is 5.69 Å². The van der Waals surface area contributed by atoms with E-state index in [9.17, 15) is 20.0 Å². The molecular weight excluding hydrogens is 391 g/mol. The second kappa shape index (κ2) is 6.67. The molecule has 1 N–H and O–H groups in total. The van der Waals surface area contributed by atoms with Gasteiger partial charge >= 0.3 is 0 Å². The van der Waals surface area contributed by atoms with E-state index in [1.165, 1.54) is 12.1 Å². The Kier molecular flexibility index (Phi) is 5.12. The molecule has 21 heavy (non-hydrogen) atoms. The first-order valence-corrected chi connectivity index (χ1v) is 7.49. The number of carbonyl (C=O) groups excluding carboxylic acids is 1. The molecule has 1 saturated heterocycles. The van der Waals surface area contributed by atoms with Crippen LogP contribution in [0, 0.1) is 13.7 Å². The molecular formula is C13H15IN2O5. The molecule has 0 radical (unpaired) electrons. The molecule has 1 aromatic carbocycles. The van der Waals surface area contributed by atoms with Crippen molar-refractivity contribution in [3.8, 4) is 0 Å². The monoisotopic (exact) mass is 406 g/mol. The summed E-state index contributed by atoms with van der Waals surface area (Å²) in [7, 11) is 0. The van der Waals surface area contributed by atoms with Gasteiger partial charge in [-0.2, -0.15) is 0 Å². The topological polar surface area (TPSA) is 92.9 Å². The summed E-state index contributed by atoms with van der Waals surface area (Å²) < 4.78 is 6.15. The fourth-order valence-corrected chi connectivity index (χ4v) is 2.84. The number of hydrogen-bond donors (Lipinski definition) is 1. The first-order valence-electron chi connectivity index (χ1n) is 6.42. The zero-order valence-corrected chi connectivity index (χ0v) is 13.5. The quantitative estimate of drug-likeness (QED) is 0.466. The highest BCUT2D eigenvalue weighted by Crippen LogP contribution is 2.22. The lowest BCUT2D eigenvalue weighted by Gasteiger charge is -2.36. The normalized spacial score (nSPS) is 22.1. The fourth-order valence-electron chi connectivity index (χ4n) is 2.27. The Morgan fingerprint density at radius 3 is 2.90 bits per heavy atom. The van der Waals surface area contributed by atoms with E-state index in [1.807, 2.05) is 29.5 Å². The van der Waals surface area contributed by atoms with Gasteiger partial charge in [0.2, 0.25) is 0 Å². The molecule has 0 saturated carbocycles. The molecule has 2 atom stereocenters. The third-order valence-corrected chi connectivity index (χ3v) is 4.15. The number of rotatable bonds is 3. The number of benzene rings is 1. The Morgan fingerprint density at radius 2 is 2.29 bits per heavy atom. The van der Waals surface area contributed by atoms with Crippen LogP contribution in [0.15, 0.2) is 18.2 Å². The first-order chi connectivity index (χ1) is 9.92. The lowest BCUT2D eigenvalue weighted by Crippen LogP contribution is -2.50. The molecule has 0 aliphatic carbocycles. The first kappa shape index (κ1) is 16.1. The van der Waals surface area contributed by atoms with Crippen LogP contribution in [0.3, 0.4) is 0 Å². The van der Waals surface area contributed by atoms with Gasteiger partial charge in [-0.05, 0) is 35.6 Å². The van der Waals surface area contributed by atoms with Gasteiger partial charge in [-0.15, -0.1) is 0 Å². The Bertz CT molecular complexity index is 565. The highest BCUT2D eigenvalue weighted by atomic mass is 127. The van der Waals surface area contributed by atoms with Crippen molar-refractivity contribution in [3.05, 3.63) is 37.4 Å². The van der Waals surface area contributed by atoms with Crippen LogP contribution in [0.2, 0.25) is 0 Å². The zero-order chi connectivity index (χ0) is 15.6. The van der Waals surface area contributed by atoms with E-state index in [2.05, 4.69) is 0 Å². The van der Waals surface area contributed by atoms with Crippen molar-refractivity contribution in [2.75, 3.05) is 19.7 Å². The second-order valence-electron chi connectivity index (χ2n) is 4.88. The third kappa shape index (κ3) is 3.69. The van der Waals surface area contributed by atoms with Crippen molar-refractivity contribution in [1.82, 2.24) is 4.90 Å².